The molecule has 158 valence electrons. The zero-order chi connectivity index (χ0) is 21.1. The molecule has 0 radical (unpaired) electrons. The molecule has 1 aromatic carbocycles. The van der Waals surface area contributed by atoms with Crippen molar-refractivity contribution < 1.29 is 23.4 Å². The Morgan fingerprint density at radius 1 is 1.03 bits per heavy atom. The van der Waals surface area contributed by atoms with E-state index >= 15 is 0 Å². The quantitative estimate of drug-likeness (QED) is 0.315. The highest BCUT2D eigenvalue weighted by molar-refractivity contribution is 5.91. The summed E-state index contributed by atoms with van der Waals surface area (Å²) < 4.78 is 21.1. The fraction of sp³-hybridized carbons (Fsp3) is 0.400. The van der Waals surface area contributed by atoms with Gasteiger partial charge in [-0.15, -0.1) is 0 Å². The molecule has 29 heavy (non-hydrogen) atoms. The van der Waals surface area contributed by atoms with Crippen molar-refractivity contribution in [3.63, 3.8) is 0 Å². The minimum Gasteiger partial charge on any atom is -0.493 e. The number of hydrogen-bond acceptors (Lipinski definition) is 6. The van der Waals surface area contributed by atoms with Gasteiger partial charge in [0.05, 0.1) is 34.1 Å². The summed E-state index contributed by atoms with van der Waals surface area (Å²) >= 11 is 0. The van der Waals surface area contributed by atoms with Crippen LogP contribution < -0.4 is 30.2 Å². The van der Waals surface area contributed by atoms with Gasteiger partial charge >= 0.3 is 0 Å². The molecule has 0 aliphatic rings. The third kappa shape index (κ3) is 6.34. The number of amides is 1. The van der Waals surface area contributed by atoms with Crippen LogP contribution in [0.1, 0.15) is 23.0 Å². The number of nitrogens with zero attached hydrogens (tertiary/aromatic N) is 1. The second-order valence-corrected chi connectivity index (χ2v) is 5.89. The number of benzene rings is 1. The third-order valence-corrected chi connectivity index (χ3v) is 3.94. The Kier molecular flexibility index (Phi) is 8.68. The zero-order valence-electron chi connectivity index (χ0n) is 17.2. The number of methoxy groups -OCH3 is 3. The number of nitrogens with one attached hydrogen (secondary N) is 3. The number of aliphatic imine (C=N–C) groups is 1. The smallest absolute Gasteiger partial charge is 0.287 e. The largest absolute Gasteiger partial charge is 0.493 e. The van der Waals surface area contributed by atoms with Crippen LogP contribution >= 0.6 is 0 Å². The van der Waals surface area contributed by atoms with E-state index < -0.39 is 0 Å². The fourth-order valence-electron chi connectivity index (χ4n) is 2.59. The first kappa shape index (κ1) is 21.9. The monoisotopic (exact) mass is 404 g/mol. The average Bonchev–Trinajstić information content (AvgIpc) is 3.28. The Balaban J connectivity index is 1.95. The molecule has 0 atom stereocenters. The van der Waals surface area contributed by atoms with Crippen molar-refractivity contribution in [1.82, 2.24) is 16.0 Å². The highest BCUT2D eigenvalue weighted by Gasteiger charge is 2.13. The molecule has 0 bridgehead atoms. The number of hydrogen-bond donors (Lipinski definition) is 3. The van der Waals surface area contributed by atoms with Gasteiger partial charge in [-0.05, 0) is 36.8 Å². The van der Waals surface area contributed by atoms with Crippen LogP contribution in [0.25, 0.3) is 0 Å². The molecule has 3 N–H and O–H groups in total. The molecule has 1 heterocycles. The molecular weight excluding hydrogens is 376 g/mol. The molecule has 0 spiro atoms. The van der Waals surface area contributed by atoms with Gasteiger partial charge in [0.1, 0.15) is 0 Å². The summed E-state index contributed by atoms with van der Waals surface area (Å²) in [5.74, 6) is 2.36. The summed E-state index contributed by atoms with van der Waals surface area (Å²) in [6.07, 6.45) is 1.46. The van der Waals surface area contributed by atoms with Crippen molar-refractivity contribution in [1.29, 1.82) is 0 Å². The minimum atomic E-state index is -0.254. The van der Waals surface area contributed by atoms with Crippen molar-refractivity contribution in [2.45, 2.75) is 13.5 Å². The number of furan rings is 1. The van der Waals surface area contributed by atoms with Gasteiger partial charge in [-0.25, -0.2) is 4.99 Å². The molecule has 2 rings (SSSR count). The number of carbonyl (C=O) groups excluding carboxylic acids is 1. The van der Waals surface area contributed by atoms with Crippen molar-refractivity contribution in [3.8, 4) is 17.2 Å². The van der Waals surface area contributed by atoms with E-state index in [9.17, 15) is 4.79 Å². The molecule has 0 unspecified atom stereocenters. The van der Waals surface area contributed by atoms with E-state index in [-0.39, 0.29) is 11.7 Å². The average molecular weight is 404 g/mol. The summed E-state index contributed by atoms with van der Waals surface area (Å²) in [7, 11) is 4.72. The van der Waals surface area contributed by atoms with Gasteiger partial charge in [-0.1, -0.05) is 0 Å². The maximum atomic E-state index is 11.8. The maximum absolute atomic E-state index is 11.8. The van der Waals surface area contributed by atoms with E-state index in [1.807, 2.05) is 19.1 Å². The first-order valence-electron chi connectivity index (χ1n) is 9.25. The summed E-state index contributed by atoms with van der Waals surface area (Å²) in [6.45, 7) is 4.03. The molecule has 1 aromatic heterocycles. The van der Waals surface area contributed by atoms with Crippen LogP contribution in [0.5, 0.6) is 17.2 Å². The van der Waals surface area contributed by atoms with Crippen LogP contribution in [0.15, 0.2) is 39.9 Å². The molecule has 0 aliphatic heterocycles. The van der Waals surface area contributed by atoms with E-state index in [0.29, 0.717) is 49.4 Å². The second-order valence-electron chi connectivity index (χ2n) is 5.89. The van der Waals surface area contributed by atoms with Crippen LogP contribution in [-0.2, 0) is 6.54 Å². The molecular formula is C20H28N4O5. The normalized spacial score (nSPS) is 11.0. The lowest BCUT2D eigenvalue weighted by molar-refractivity contribution is 0.0926. The van der Waals surface area contributed by atoms with E-state index in [4.69, 9.17) is 18.6 Å². The van der Waals surface area contributed by atoms with E-state index in [1.165, 1.54) is 6.26 Å². The molecule has 1 amide bonds. The molecule has 0 saturated heterocycles. The van der Waals surface area contributed by atoms with Gasteiger partial charge in [0.15, 0.2) is 23.2 Å². The molecule has 2 aromatic rings. The fourth-order valence-corrected chi connectivity index (χ4v) is 2.59. The van der Waals surface area contributed by atoms with Gasteiger partial charge in [0.25, 0.3) is 5.91 Å². The Morgan fingerprint density at radius 3 is 2.28 bits per heavy atom. The molecule has 9 heteroatoms. The van der Waals surface area contributed by atoms with Crippen molar-refractivity contribution in [2.24, 2.45) is 4.99 Å². The van der Waals surface area contributed by atoms with E-state index in [0.717, 1.165) is 5.56 Å². The van der Waals surface area contributed by atoms with Crippen LogP contribution in [0, 0.1) is 0 Å². The van der Waals surface area contributed by atoms with Gasteiger partial charge in [-0.3, -0.25) is 4.79 Å². The first-order valence-corrected chi connectivity index (χ1v) is 9.25. The van der Waals surface area contributed by atoms with Crippen molar-refractivity contribution >= 4 is 11.9 Å². The Labute approximate surface area is 170 Å². The third-order valence-electron chi connectivity index (χ3n) is 3.94. The van der Waals surface area contributed by atoms with Gasteiger partial charge in [0, 0.05) is 19.6 Å². The van der Waals surface area contributed by atoms with Crippen LogP contribution in [-0.4, -0.2) is 52.8 Å². The second kappa shape index (κ2) is 11.5. The summed E-state index contributed by atoms with van der Waals surface area (Å²) in [4.78, 5) is 16.4. The topological polar surface area (TPSA) is 106 Å². The predicted octanol–water partition coefficient (Wildman–Crippen LogP) is 1.79. The lowest BCUT2D eigenvalue weighted by atomic mass is 10.2. The summed E-state index contributed by atoms with van der Waals surface area (Å²) in [5.41, 5.74) is 0.905. The van der Waals surface area contributed by atoms with Gasteiger partial charge in [0.2, 0.25) is 5.75 Å². The number of guanidine groups is 1. The highest BCUT2D eigenvalue weighted by Crippen LogP contribution is 2.38. The number of rotatable bonds is 10. The number of carbonyl (C=O) groups is 1. The predicted molar refractivity (Wildman–Crippen MR) is 110 cm³/mol. The van der Waals surface area contributed by atoms with Gasteiger partial charge in [-0.2, -0.15) is 0 Å². The minimum absolute atomic E-state index is 0.254. The zero-order valence-corrected chi connectivity index (χ0v) is 17.2. The molecule has 9 nitrogen and oxygen atoms in total. The summed E-state index contributed by atoms with van der Waals surface area (Å²) in [5, 5.41) is 9.12. The lowest BCUT2D eigenvalue weighted by Gasteiger charge is -2.14. The highest BCUT2D eigenvalue weighted by atomic mass is 16.5. The van der Waals surface area contributed by atoms with E-state index in [2.05, 4.69) is 20.9 Å². The standard InChI is InChI=1S/C20H28N4O5/c1-5-21-20(23-9-8-22-19(25)15-7-6-10-29-15)24-13-14-11-16(26-2)18(28-4)17(12-14)27-3/h6-7,10-12H,5,8-9,13H2,1-4H3,(H,22,25)(H2,21,23,24). The number of ether oxygens (including phenoxy) is 3. The molecule has 0 aliphatic carbocycles. The molecule has 0 fully saturated rings. The van der Waals surface area contributed by atoms with Crippen LogP contribution in [0.4, 0.5) is 0 Å². The van der Waals surface area contributed by atoms with Crippen molar-refractivity contribution in [2.75, 3.05) is 41.0 Å². The Bertz CT molecular complexity index is 780. The Hall–Kier alpha value is -3.36. The van der Waals surface area contributed by atoms with Crippen LogP contribution in [0.3, 0.4) is 0 Å². The van der Waals surface area contributed by atoms with E-state index in [1.54, 1.807) is 33.5 Å². The van der Waals surface area contributed by atoms with Crippen molar-refractivity contribution in [3.05, 3.63) is 41.9 Å². The van der Waals surface area contributed by atoms with Crippen LogP contribution in [0.2, 0.25) is 0 Å². The summed E-state index contributed by atoms with van der Waals surface area (Å²) in [6, 6.07) is 7.01. The maximum Gasteiger partial charge on any atom is 0.287 e. The SMILES string of the molecule is CCNC(=NCc1cc(OC)c(OC)c(OC)c1)NCCNC(=O)c1ccco1. The lowest BCUT2D eigenvalue weighted by Crippen LogP contribution is -2.41. The van der Waals surface area contributed by atoms with Gasteiger partial charge < -0.3 is 34.6 Å². The first-order chi connectivity index (χ1) is 14.1. The Morgan fingerprint density at radius 2 is 1.72 bits per heavy atom. The molecule has 0 saturated carbocycles.